The van der Waals surface area contributed by atoms with E-state index in [4.69, 9.17) is 18.9 Å². The van der Waals surface area contributed by atoms with Gasteiger partial charge in [-0.15, -0.1) is 0 Å². The number of aliphatic hydroxyl groups excluding tert-OH is 1. The van der Waals surface area contributed by atoms with Crippen LogP contribution < -0.4 is 19.5 Å². The minimum Gasteiger partial charge on any atom is -0.493 e. The summed E-state index contributed by atoms with van der Waals surface area (Å²) in [5.74, 6) is 1.50. The van der Waals surface area contributed by atoms with E-state index in [0.29, 0.717) is 29.5 Å². The van der Waals surface area contributed by atoms with Crippen LogP contribution in [0.25, 0.3) is 0 Å². The molecule has 2 bridgehead atoms. The molecule has 3 aliphatic rings. The number of carbonyl (C=O) groups excluding carboxylic acids is 1. The van der Waals surface area contributed by atoms with Crippen LogP contribution in [0, 0.1) is 6.92 Å². The first kappa shape index (κ1) is 23.9. The minimum atomic E-state index is -0.871. The van der Waals surface area contributed by atoms with E-state index >= 15 is 0 Å². The number of aryl methyl sites for hydroxylation is 1. The van der Waals surface area contributed by atoms with Gasteiger partial charge in [0.15, 0.2) is 17.7 Å². The molecule has 7 heteroatoms. The maximum absolute atomic E-state index is 12.4. The molecule has 32 heavy (non-hydrogen) atoms. The van der Waals surface area contributed by atoms with Gasteiger partial charge in [-0.2, -0.15) is 0 Å². The average molecular weight is 444 g/mol. The van der Waals surface area contributed by atoms with Crippen LogP contribution in [-0.2, 0) is 16.0 Å². The van der Waals surface area contributed by atoms with Gasteiger partial charge in [-0.3, -0.25) is 4.79 Å². The van der Waals surface area contributed by atoms with E-state index in [1.54, 1.807) is 45.4 Å². The smallest absolute Gasteiger partial charge is 0.227 e. The normalized spacial score (nSPS) is 20.2. The third-order valence-corrected chi connectivity index (χ3v) is 5.62. The monoisotopic (exact) mass is 443 g/mol. The lowest BCUT2D eigenvalue weighted by Crippen LogP contribution is -2.46. The summed E-state index contributed by atoms with van der Waals surface area (Å²) in [6, 6.07) is 12.7. The summed E-state index contributed by atoms with van der Waals surface area (Å²) in [5.41, 5.74) is 1.69. The van der Waals surface area contributed by atoms with Crippen LogP contribution in [0.4, 0.5) is 0 Å². The number of amides is 1. The van der Waals surface area contributed by atoms with Crippen LogP contribution in [0.2, 0.25) is 0 Å². The molecule has 174 valence electrons. The number of nitrogens with one attached hydrogen (secondary N) is 1. The molecule has 0 aromatic heterocycles. The van der Waals surface area contributed by atoms with E-state index in [1.807, 2.05) is 25.1 Å². The lowest BCUT2D eigenvalue weighted by molar-refractivity contribution is -0.124. The Balaban J connectivity index is 0.000000405. The number of aliphatic hydroxyl groups is 1. The van der Waals surface area contributed by atoms with Crippen molar-refractivity contribution in [3.05, 3.63) is 53.6 Å². The maximum atomic E-state index is 12.4. The Morgan fingerprint density at radius 2 is 1.75 bits per heavy atom. The van der Waals surface area contributed by atoms with E-state index in [0.717, 1.165) is 11.1 Å². The molecule has 4 unspecified atom stereocenters. The summed E-state index contributed by atoms with van der Waals surface area (Å²) in [7, 11) is 3.10. The molecular weight excluding hydrogens is 410 g/mol. The fraction of sp³-hybridized carbons (Fsp3) is 0.480. The fourth-order valence-corrected chi connectivity index (χ4v) is 3.76. The van der Waals surface area contributed by atoms with Crippen LogP contribution in [0.15, 0.2) is 42.5 Å². The molecule has 0 radical (unpaired) electrons. The topological polar surface area (TPSA) is 86.3 Å². The van der Waals surface area contributed by atoms with Crippen LogP contribution in [0.3, 0.4) is 0 Å². The molecule has 4 atom stereocenters. The Bertz CT molecular complexity index is 880. The number of fused-ring (bicyclic) bond motifs is 1. The summed E-state index contributed by atoms with van der Waals surface area (Å²) in [6.07, 6.45) is 3.83. The zero-order valence-corrected chi connectivity index (χ0v) is 19.2. The molecule has 1 saturated carbocycles. The minimum absolute atomic E-state index is 0.126. The first-order chi connectivity index (χ1) is 15.4. The second-order valence-electron chi connectivity index (χ2n) is 8.17. The van der Waals surface area contributed by atoms with Crippen molar-refractivity contribution in [2.24, 2.45) is 0 Å². The van der Waals surface area contributed by atoms with Crippen LogP contribution in [0.1, 0.15) is 37.3 Å². The summed E-state index contributed by atoms with van der Waals surface area (Å²) in [5, 5.41) is 12.7. The number of benzene rings is 2. The molecule has 2 aromatic carbocycles. The lowest BCUT2D eigenvalue weighted by Gasteiger charge is -2.23. The molecule has 2 aliphatic heterocycles. The Labute approximate surface area is 189 Å². The Morgan fingerprint density at radius 3 is 2.28 bits per heavy atom. The third-order valence-electron chi connectivity index (χ3n) is 5.62. The van der Waals surface area contributed by atoms with Gasteiger partial charge in [-0.1, -0.05) is 24.3 Å². The summed E-state index contributed by atoms with van der Waals surface area (Å²) < 4.78 is 21.5. The van der Waals surface area contributed by atoms with Crippen molar-refractivity contribution in [1.82, 2.24) is 5.32 Å². The second-order valence-corrected chi connectivity index (χ2v) is 8.17. The van der Waals surface area contributed by atoms with Crippen molar-refractivity contribution < 1.29 is 28.8 Å². The van der Waals surface area contributed by atoms with Crippen molar-refractivity contribution in [3.8, 4) is 17.2 Å². The Kier molecular flexibility index (Phi) is 8.36. The van der Waals surface area contributed by atoms with Crippen LogP contribution in [0.5, 0.6) is 17.2 Å². The summed E-state index contributed by atoms with van der Waals surface area (Å²) in [6.45, 7) is 3.47. The van der Waals surface area contributed by atoms with E-state index in [2.05, 4.69) is 5.32 Å². The number of carbonyl (C=O) groups is 1. The van der Waals surface area contributed by atoms with E-state index in [9.17, 15) is 9.90 Å². The van der Waals surface area contributed by atoms with Gasteiger partial charge in [-0.25, -0.2) is 0 Å². The van der Waals surface area contributed by atoms with Gasteiger partial charge < -0.3 is 29.4 Å². The standard InChI is InChI=1S/C20H25NO5.C5H8O/c1-13-7-5-6-8-16(13)26-20(14(2)22)21-19(23)12-15-9-10-17(24-3)18(11-15)25-4;1-2-5-3-4(1)6-5/h5-11,14,20,22H,12H2,1-4H3,(H,21,23);4-5H,1-3H2. The number of methoxy groups -OCH3 is 2. The lowest BCUT2D eigenvalue weighted by atomic mass is 10.1. The second kappa shape index (κ2) is 11.2. The summed E-state index contributed by atoms with van der Waals surface area (Å²) >= 11 is 0. The largest absolute Gasteiger partial charge is 0.493 e. The van der Waals surface area contributed by atoms with Crippen LogP contribution in [-0.4, -0.2) is 49.8 Å². The first-order valence-electron chi connectivity index (χ1n) is 11.0. The number of para-hydroxylation sites is 1. The highest BCUT2D eigenvalue weighted by Gasteiger charge is 2.36. The van der Waals surface area contributed by atoms with Crippen molar-refractivity contribution in [2.45, 2.75) is 64.1 Å². The SMILES string of the molecule is C1CC2CC1O2.COc1ccc(CC(=O)NC(Oc2ccccc2C)C(C)O)cc1OC. The molecule has 2 heterocycles. The van der Waals surface area contributed by atoms with Crippen LogP contribution >= 0.6 is 0 Å². The molecule has 1 amide bonds. The zero-order valence-electron chi connectivity index (χ0n) is 19.2. The molecule has 1 aliphatic carbocycles. The molecule has 2 saturated heterocycles. The van der Waals surface area contributed by atoms with E-state index in [1.165, 1.54) is 19.3 Å². The highest BCUT2D eigenvalue weighted by molar-refractivity contribution is 5.79. The molecule has 5 rings (SSSR count). The highest BCUT2D eigenvalue weighted by Crippen LogP contribution is 2.36. The van der Waals surface area contributed by atoms with E-state index < -0.39 is 12.3 Å². The van der Waals surface area contributed by atoms with Crippen molar-refractivity contribution in [1.29, 1.82) is 0 Å². The van der Waals surface area contributed by atoms with Gasteiger partial charge in [0, 0.05) is 0 Å². The Morgan fingerprint density at radius 1 is 1.09 bits per heavy atom. The van der Waals surface area contributed by atoms with Gasteiger partial charge in [0.2, 0.25) is 5.91 Å². The van der Waals surface area contributed by atoms with E-state index in [-0.39, 0.29) is 12.3 Å². The van der Waals surface area contributed by atoms with Gasteiger partial charge in [0.05, 0.1) is 32.8 Å². The number of hydrogen-bond donors (Lipinski definition) is 2. The van der Waals surface area contributed by atoms with Crippen molar-refractivity contribution >= 4 is 5.91 Å². The average Bonchev–Trinajstić information content (AvgIpc) is 3.41. The fourth-order valence-electron chi connectivity index (χ4n) is 3.76. The maximum Gasteiger partial charge on any atom is 0.227 e. The van der Waals surface area contributed by atoms with Gasteiger partial charge in [0.1, 0.15) is 11.9 Å². The predicted molar refractivity (Wildman–Crippen MR) is 121 cm³/mol. The zero-order chi connectivity index (χ0) is 23.1. The first-order valence-corrected chi connectivity index (χ1v) is 11.0. The quantitative estimate of drug-likeness (QED) is 0.609. The molecule has 0 spiro atoms. The van der Waals surface area contributed by atoms with Gasteiger partial charge in [-0.05, 0) is 62.4 Å². The molecule has 2 N–H and O–H groups in total. The van der Waals surface area contributed by atoms with Crippen molar-refractivity contribution in [3.63, 3.8) is 0 Å². The summed E-state index contributed by atoms with van der Waals surface area (Å²) in [4.78, 5) is 12.4. The molecule has 3 fully saturated rings. The third kappa shape index (κ3) is 6.37. The molecular formula is C25H33NO6. The van der Waals surface area contributed by atoms with Crippen molar-refractivity contribution in [2.75, 3.05) is 14.2 Å². The Hall–Kier alpha value is -2.77. The van der Waals surface area contributed by atoms with Gasteiger partial charge >= 0.3 is 0 Å². The molecule has 7 nitrogen and oxygen atoms in total. The van der Waals surface area contributed by atoms with Gasteiger partial charge in [0.25, 0.3) is 0 Å². The number of hydrogen-bond acceptors (Lipinski definition) is 6. The predicted octanol–water partition coefficient (Wildman–Crippen LogP) is 3.39. The highest BCUT2D eigenvalue weighted by atomic mass is 16.5. The molecule has 2 aromatic rings. The number of rotatable bonds is 8. The number of ether oxygens (including phenoxy) is 4.